The molecule has 4 rings (SSSR count). The molecule has 0 amide bonds. The minimum atomic E-state index is 0.893. The Kier molecular flexibility index (Phi) is 3.57. The van der Waals surface area contributed by atoms with Crippen LogP contribution in [-0.4, -0.2) is 36.6 Å². The molecule has 3 aliphatic carbocycles. The molecule has 3 saturated carbocycles. The number of hydrogen-bond donors (Lipinski definition) is 1. The van der Waals surface area contributed by atoms with Gasteiger partial charge in [0.2, 0.25) is 0 Å². The Morgan fingerprint density at radius 2 is 1.63 bits per heavy atom. The molecule has 0 aromatic rings. The highest BCUT2D eigenvalue weighted by Gasteiger charge is 2.41. The molecule has 0 bridgehead atoms. The maximum Gasteiger partial charge on any atom is 0.0124 e. The summed E-state index contributed by atoms with van der Waals surface area (Å²) in [5.74, 6) is 3.15. The van der Waals surface area contributed by atoms with Crippen LogP contribution in [0.25, 0.3) is 0 Å². The van der Waals surface area contributed by atoms with Gasteiger partial charge >= 0.3 is 0 Å². The smallest absolute Gasteiger partial charge is 0.0124 e. The maximum absolute atomic E-state index is 3.92. The first kappa shape index (κ1) is 12.6. The van der Waals surface area contributed by atoms with Gasteiger partial charge in [0.25, 0.3) is 0 Å². The molecule has 1 heterocycles. The fourth-order valence-corrected chi connectivity index (χ4v) is 4.78. The maximum atomic E-state index is 3.92. The number of nitrogens with one attached hydrogen (secondary N) is 1. The first-order chi connectivity index (χ1) is 9.42. The van der Waals surface area contributed by atoms with Gasteiger partial charge in [0, 0.05) is 25.2 Å². The van der Waals surface area contributed by atoms with E-state index in [1.54, 1.807) is 0 Å². The van der Waals surface area contributed by atoms with Crippen molar-refractivity contribution < 1.29 is 0 Å². The van der Waals surface area contributed by atoms with E-state index in [0.29, 0.717) is 0 Å². The van der Waals surface area contributed by atoms with Gasteiger partial charge in [-0.05, 0) is 69.2 Å². The molecule has 2 unspecified atom stereocenters. The van der Waals surface area contributed by atoms with Crippen LogP contribution in [0.2, 0.25) is 0 Å². The van der Waals surface area contributed by atoms with Crippen LogP contribution in [0.5, 0.6) is 0 Å². The Hall–Kier alpha value is -0.0800. The average Bonchev–Trinajstić information content (AvgIpc) is 3.34. The lowest BCUT2D eigenvalue weighted by Gasteiger charge is -2.32. The van der Waals surface area contributed by atoms with Crippen molar-refractivity contribution in [2.45, 2.75) is 69.9 Å². The minimum Gasteiger partial charge on any atom is -0.312 e. The summed E-state index contributed by atoms with van der Waals surface area (Å²) in [7, 11) is 0. The van der Waals surface area contributed by atoms with E-state index in [0.717, 1.165) is 29.8 Å². The second-order valence-corrected chi connectivity index (χ2v) is 7.59. The minimum absolute atomic E-state index is 0.893. The van der Waals surface area contributed by atoms with Crippen molar-refractivity contribution in [3.05, 3.63) is 0 Å². The molecule has 0 aromatic carbocycles. The Labute approximate surface area is 118 Å². The average molecular weight is 262 g/mol. The highest BCUT2D eigenvalue weighted by atomic mass is 15.2. The predicted molar refractivity (Wildman–Crippen MR) is 79.2 cm³/mol. The summed E-state index contributed by atoms with van der Waals surface area (Å²) in [4.78, 5) is 2.81. The zero-order valence-corrected chi connectivity index (χ0v) is 12.3. The van der Waals surface area contributed by atoms with Crippen molar-refractivity contribution in [1.82, 2.24) is 10.2 Å². The first-order valence-corrected chi connectivity index (χ1v) is 8.89. The van der Waals surface area contributed by atoms with E-state index in [4.69, 9.17) is 0 Å². The molecule has 19 heavy (non-hydrogen) atoms. The van der Waals surface area contributed by atoms with Gasteiger partial charge in [-0.1, -0.05) is 12.8 Å². The van der Waals surface area contributed by atoms with E-state index in [-0.39, 0.29) is 0 Å². The summed E-state index contributed by atoms with van der Waals surface area (Å²) in [6, 6.07) is 1.85. The summed E-state index contributed by atoms with van der Waals surface area (Å²) >= 11 is 0. The summed E-state index contributed by atoms with van der Waals surface area (Å²) in [5, 5.41) is 3.92. The molecule has 108 valence electrons. The molecule has 1 N–H and O–H groups in total. The SMILES string of the molecule is C1CCC2C(C1)CCN2CCNC(C1CC1)C1CC1. The second-order valence-electron chi connectivity index (χ2n) is 7.59. The van der Waals surface area contributed by atoms with Gasteiger partial charge in [-0.2, -0.15) is 0 Å². The quantitative estimate of drug-likeness (QED) is 0.791. The van der Waals surface area contributed by atoms with Crippen LogP contribution >= 0.6 is 0 Å². The van der Waals surface area contributed by atoms with Crippen LogP contribution in [0.3, 0.4) is 0 Å². The molecule has 0 spiro atoms. The third-order valence-corrected chi connectivity index (χ3v) is 6.16. The molecule has 4 fully saturated rings. The zero-order chi connectivity index (χ0) is 12.7. The Morgan fingerprint density at radius 1 is 0.895 bits per heavy atom. The molecule has 4 aliphatic rings. The number of nitrogens with zero attached hydrogens (tertiary/aromatic N) is 1. The lowest BCUT2D eigenvalue weighted by molar-refractivity contribution is 0.180. The Morgan fingerprint density at radius 3 is 2.37 bits per heavy atom. The molecule has 2 nitrogen and oxygen atoms in total. The van der Waals surface area contributed by atoms with E-state index in [1.807, 2.05) is 0 Å². The van der Waals surface area contributed by atoms with Gasteiger partial charge in [-0.25, -0.2) is 0 Å². The topological polar surface area (TPSA) is 15.3 Å². The van der Waals surface area contributed by atoms with Crippen LogP contribution < -0.4 is 5.32 Å². The van der Waals surface area contributed by atoms with E-state index in [1.165, 1.54) is 77.4 Å². The molecular weight excluding hydrogens is 232 g/mol. The van der Waals surface area contributed by atoms with Crippen molar-refractivity contribution in [3.63, 3.8) is 0 Å². The van der Waals surface area contributed by atoms with Gasteiger partial charge in [-0.3, -0.25) is 4.90 Å². The highest BCUT2D eigenvalue weighted by molar-refractivity contribution is 4.97. The summed E-state index contributed by atoms with van der Waals surface area (Å²) < 4.78 is 0. The molecule has 1 aliphatic heterocycles. The fraction of sp³-hybridized carbons (Fsp3) is 1.00. The van der Waals surface area contributed by atoms with E-state index in [2.05, 4.69) is 10.2 Å². The van der Waals surface area contributed by atoms with E-state index < -0.39 is 0 Å². The first-order valence-electron chi connectivity index (χ1n) is 8.89. The molecular formula is C17H30N2. The van der Waals surface area contributed by atoms with Gasteiger partial charge < -0.3 is 5.32 Å². The third kappa shape index (κ3) is 2.85. The van der Waals surface area contributed by atoms with Gasteiger partial charge in [0.15, 0.2) is 0 Å². The van der Waals surface area contributed by atoms with E-state index in [9.17, 15) is 0 Å². The summed E-state index contributed by atoms with van der Waals surface area (Å²) in [5.41, 5.74) is 0. The second kappa shape index (κ2) is 5.37. The number of fused-ring (bicyclic) bond motifs is 1. The van der Waals surface area contributed by atoms with Crippen LogP contribution in [0.4, 0.5) is 0 Å². The largest absolute Gasteiger partial charge is 0.312 e. The van der Waals surface area contributed by atoms with Gasteiger partial charge in [0.05, 0.1) is 0 Å². The van der Waals surface area contributed by atoms with Crippen molar-refractivity contribution in [2.24, 2.45) is 17.8 Å². The summed E-state index contributed by atoms with van der Waals surface area (Å²) in [6.07, 6.45) is 13.5. The van der Waals surface area contributed by atoms with Crippen LogP contribution in [-0.2, 0) is 0 Å². The number of hydrogen-bond acceptors (Lipinski definition) is 2. The molecule has 2 atom stereocenters. The standard InChI is InChI=1S/C17H30N2/c1-2-4-16-13(3-1)9-11-19(16)12-10-18-17(14-5-6-14)15-7-8-15/h13-18H,1-12H2. The zero-order valence-electron chi connectivity index (χ0n) is 12.3. The number of rotatable bonds is 6. The number of likely N-dealkylation sites (tertiary alicyclic amines) is 1. The van der Waals surface area contributed by atoms with Crippen molar-refractivity contribution >= 4 is 0 Å². The van der Waals surface area contributed by atoms with Crippen molar-refractivity contribution in [1.29, 1.82) is 0 Å². The third-order valence-electron chi connectivity index (χ3n) is 6.16. The normalized spacial score (nSPS) is 35.8. The molecule has 2 heteroatoms. The lowest BCUT2D eigenvalue weighted by atomic mass is 9.85. The van der Waals surface area contributed by atoms with Crippen LogP contribution in [0.15, 0.2) is 0 Å². The summed E-state index contributed by atoms with van der Waals surface area (Å²) in [6.45, 7) is 3.95. The Balaban J connectivity index is 1.23. The molecule has 0 aromatic heterocycles. The predicted octanol–water partition coefficient (Wildman–Crippen LogP) is 3.03. The highest BCUT2D eigenvalue weighted by Crippen LogP contribution is 2.44. The lowest BCUT2D eigenvalue weighted by Crippen LogP contribution is -2.42. The van der Waals surface area contributed by atoms with Crippen molar-refractivity contribution in [3.8, 4) is 0 Å². The van der Waals surface area contributed by atoms with Crippen LogP contribution in [0.1, 0.15) is 57.8 Å². The van der Waals surface area contributed by atoms with Gasteiger partial charge in [0.1, 0.15) is 0 Å². The van der Waals surface area contributed by atoms with Crippen molar-refractivity contribution in [2.75, 3.05) is 19.6 Å². The molecule has 1 saturated heterocycles. The Bertz CT molecular complexity index is 296. The van der Waals surface area contributed by atoms with Crippen LogP contribution in [0, 0.1) is 17.8 Å². The monoisotopic (exact) mass is 262 g/mol. The fourth-order valence-electron chi connectivity index (χ4n) is 4.78. The molecule has 0 radical (unpaired) electrons. The van der Waals surface area contributed by atoms with E-state index >= 15 is 0 Å². The van der Waals surface area contributed by atoms with Gasteiger partial charge in [-0.15, -0.1) is 0 Å².